The zero-order chi connectivity index (χ0) is 13.9. The molecule has 1 aromatic carbocycles. The van der Waals surface area contributed by atoms with Gasteiger partial charge in [0, 0.05) is 15.3 Å². The van der Waals surface area contributed by atoms with Gasteiger partial charge in [-0.15, -0.1) is 11.3 Å². The van der Waals surface area contributed by atoms with Crippen LogP contribution in [0.4, 0.5) is 0 Å². The van der Waals surface area contributed by atoms with Crippen LogP contribution < -0.4 is 14.9 Å². The summed E-state index contributed by atoms with van der Waals surface area (Å²) in [6.07, 6.45) is 1.63. The van der Waals surface area contributed by atoms with Gasteiger partial charge in [0.1, 0.15) is 0 Å². The second-order valence-corrected chi connectivity index (χ2v) is 5.54. The van der Waals surface area contributed by atoms with Crippen molar-refractivity contribution in [3.8, 4) is 11.5 Å². The monoisotopic (exact) mass is 288 g/mol. The molecule has 3 rings (SSSR count). The van der Waals surface area contributed by atoms with E-state index >= 15 is 0 Å². The number of hydrazone groups is 1. The number of thiophene rings is 1. The number of carbonyl (C=O) groups excluding carboxylic acids is 1. The molecular formula is C14H12N2O3S. The molecule has 5 nitrogen and oxygen atoms in total. The number of benzene rings is 1. The minimum absolute atomic E-state index is 0.191. The van der Waals surface area contributed by atoms with Gasteiger partial charge in [-0.25, -0.2) is 5.43 Å². The Bertz CT molecular complexity index is 679. The fourth-order valence-electron chi connectivity index (χ4n) is 1.78. The van der Waals surface area contributed by atoms with Crippen LogP contribution in [0.2, 0.25) is 0 Å². The average molecular weight is 288 g/mol. The van der Waals surface area contributed by atoms with Crippen molar-refractivity contribution in [1.82, 2.24) is 5.43 Å². The van der Waals surface area contributed by atoms with Crippen LogP contribution in [0, 0.1) is 6.92 Å². The van der Waals surface area contributed by atoms with Gasteiger partial charge in [-0.3, -0.25) is 4.79 Å². The number of aryl methyl sites for hydroxylation is 1. The molecule has 102 valence electrons. The van der Waals surface area contributed by atoms with Gasteiger partial charge in [0.25, 0.3) is 5.91 Å². The van der Waals surface area contributed by atoms with E-state index in [2.05, 4.69) is 10.5 Å². The van der Waals surface area contributed by atoms with Gasteiger partial charge >= 0.3 is 0 Å². The number of amides is 1. The second-order valence-electron chi connectivity index (χ2n) is 4.22. The van der Waals surface area contributed by atoms with Gasteiger partial charge in [-0.05, 0) is 37.3 Å². The molecule has 1 aliphatic rings. The van der Waals surface area contributed by atoms with Crippen LogP contribution >= 0.6 is 11.3 Å². The molecule has 0 radical (unpaired) electrons. The summed E-state index contributed by atoms with van der Waals surface area (Å²) in [5, 5.41) is 3.94. The van der Waals surface area contributed by atoms with E-state index in [1.165, 1.54) is 4.88 Å². The van der Waals surface area contributed by atoms with E-state index in [1.807, 2.05) is 19.1 Å². The highest BCUT2D eigenvalue weighted by Crippen LogP contribution is 2.32. The van der Waals surface area contributed by atoms with Crippen LogP contribution in [0.3, 0.4) is 0 Å². The Morgan fingerprint density at radius 2 is 2.15 bits per heavy atom. The van der Waals surface area contributed by atoms with Gasteiger partial charge in [0.05, 0.1) is 6.21 Å². The Morgan fingerprint density at radius 3 is 2.95 bits per heavy atom. The van der Waals surface area contributed by atoms with E-state index in [0.29, 0.717) is 17.1 Å². The van der Waals surface area contributed by atoms with Crippen molar-refractivity contribution in [2.75, 3.05) is 6.79 Å². The number of nitrogens with one attached hydrogen (secondary N) is 1. The number of hydrogen-bond acceptors (Lipinski definition) is 5. The molecule has 20 heavy (non-hydrogen) atoms. The summed E-state index contributed by atoms with van der Waals surface area (Å²) in [7, 11) is 0. The first-order chi connectivity index (χ1) is 9.72. The molecule has 2 aromatic rings. The van der Waals surface area contributed by atoms with Crippen molar-refractivity contribution < 1.29 is 14.3 Å². The average Bonchev–Trinajstić information content (AvgIpc) is 3.06. The zero-order valence-electron chi connectivity index (χ0n) is 10.8. The topological polar surface area (TPSA) is 59.9 Å². The first-order valence-electron chi connectivity index (χ1n) is 6.02. The highest BCUT2D eigenvalue weighted by molar-refractivity contribution is 7.13. The SMILES string of the molecule is Cc1ccc(/C=N/NC(=O)c2ccc3c(c2)OCO3)s1. The van der Waals surface area contributed by atoms with Crippen LogP contribution in [-0.2, 0) is 0 Å². The van der Waals surface area contributed by atoms with Gasteiger partial charge in [0.2, 0.25) is 6.79 Å². The summed E-state index contributed by atoms with van der Waals surface area (Å²) in [4.78, 5) is 14.1. The molecule has 0 saturated heterocycles. The normalized spacial score (nSPS) is 12.8. The van der Waals surface area contributed by atoms with E-state index in [4.69, 9.17) is 9.47 Å². The summed E-state index contributed by atoms with van der Waals surface area (Å²) >= 11 is 1.61. The Labute approximate surface area is 119 Å². The number of nitrogens with zero attached hydrogens (tertiary/aromatic N) is 1. The molecule has 0 unspecified atom stereocenters. The molecule has 1 amide bonds. The van der Waals surface area contributed by atoms with Crippen molar-refractivity contribution in [2.45, 2.75) is 6.92 Å². The lowest BCUT2D eigenvalue weighted by Crippen LogP contribution is -2.17. The third kappa shape index (κ3) is 2.65. The van der Waals surface area contributed by atoms with Crippen LogP contribution in [0.5, 0.6) is 11.5 Å². The number of ether oxygens (including phenoxy) is 2. The molecule has 0 aliphatic carbocycles. The summed E-state index contributed by atoms with van der Waals surface area (Å²) in [5.41, 5.74) is 2.97. The molecule has 2 heterocycles. The van der Waals surface area contributed by atoms with E-state index in [0.717, 1.165) is 4.88 Å². The molecule has 1 aromatic heterocycles. The minimum atomic E-state index is -0.284. The van der Waals surface area contributed by atoms with Crippen LogP contribution in [0.25, 0.3) is 0 Å². The van der Waals surface area contributed by atoms with Gasteiger partial charge < -0.3 is 9.47 Å². The molecule has 0 spiro atoms. The number of rotatable bonds is 3. The fourth-order valence-corrected chi connectivity index (χ4v) is 2.53. The Balaban J connectivity index is 1.66. The predicted molar refractivity (Wildman–Crippen MR) is 76.7 cm³/mol. The van der Waals surface area contributed by atoms with Gasteiger partial charge in [-0.1, -0.05) is 0 Å². The Morgan fingerprint density at radius 1 is 1.30 bits per heavy atom. The molecule has 0 bridgehead atoms. The van der Waals surface area contributed by atoms with E-state index in [1.54, 1.807) is 35.8 Å². The van der Waals surface area contributed by atoms with Crippen molar-refractivity contribution in [1.29, 1.82) is 0 Å². The minimum Gasteiger partial charge on any atom is -0.454 e. The Kier molecular flexibility index (Phi) is 3.39. The molecule has 0 fully saturated rings. The second kappa shape index (κ2) is 5.34. The number of hydrogen-bond donors (Lipinski definition) is 1. The van der Waals surface area contributed by atoms with E-state index in [9.17, 15) is 4.79 Å². The quantitative estimate of drug-likeness (QED) is 0.697. The highest BCUT2D eigenvalue weighted by Gasteiger charge is 2.15. The lowest BCUT2D eigenvalue weighted by molar-refractivity contribution is 0.0954. The van der Waals surface area contributed by atoms with Crippen molar-refractivity contribution in [3.63, 3.8) is 0 Å². The summed E-state index contributed by atoms with van der Waals surface area (Å²) in [6, 6.07) is 8.99. The van der Waals surface area contributed by atoms with E-state index in [-0.39, 0.29) is 12.7 Å². The molecule has 6 heteroatoms. The third-order valence-corrected chi connectivity index (χ3v) is 3.69. The lowest BCUT2D eigenvalue weighted by Gasteiger charge is -2.01. The van der Waals surface area contributed by atoms with Crippen LogP contribution in [0.1, 0.15) is 20.1 Å². The molecule has 0 atom stereocenters. The summed E-state index contributed by atoms with van der Waals surface area (Å²) in [5.74, 6) is 0.947. The number of carbonyl (C=O) groups is 1. The molecule has 1 N–H and O–H groups in total. The van der Waals surface area contributed by atoms with Crippen LogP contribution in [-0.4, -0.2) is 18.9 Å². The van der Waals surface area contributed by atoms with Crippen molar-refractivity contribution >= 4 is 23.5 Å². The van der Waals surface area contributed by atoms with Crippen molar-refractivity contribution in [3.05, 3.63) is 45.6 Å². The van der Waals surface area contributed by atoms with Crippen molar-refractivity contribution in [2.24, 2.45) is 5.10 Å². The molecule has 0 saturated carbocycles. The lowest BCUT2D eigenvalue weighted by atomic mass is 10.2. The molecule has 1 aliphatic heterocycles. The Hall–Kier alpha value is -2.34. The van der Waals surface area contributed by atoms with E-state index < -0.39 is 0 Å². The predicted octanol–water partition coefficient (Wildman–Crippen LogP) is 2.55. The maximum Gasteiger partial charge on any atom is 0.271 e. The first kappa shape index (κ1) is 12.7. The maximum absolute atomic E-state index is 11.9. The zero-order valence-corrected chi connectivity index (χ0v) is 11.6. The number of fused-ring (bicyclic) bond motifs is 1. The highest BCUT2D eigenvalue weighted by atomic mass is 32.1. The smallest absolute Gasteiger partial charge is 0.271 e. The maximum atomic E-state index is 11.9. The fraction of sp³-hybridized carbons (Fsp3) is 0.143. The van der Waals surface area contributed by atoms with Crippen LogP contribution in [0.15, 0.2) is 35.4 Å². The largest absolute Gasteiger partial charge is 0.454 e. The van der Waals surface area contributed by atoms with Gasteiger partial charge in [0.15, 0.2) is 11.5 Å². The van der Waals surface area contributed by atoms with Gasteiger partial charge in [-0.2, -0.15) is 5.10 Å². The summed E-state index contributed by atoms with van der Waals surface area (Å²) < 4.78 is 10.4. The standard InChI is InChI=1S/C14H12N2O3S/c1-9-2-4-11(20-9)7-15-16-14(17)10-3-5-12-13(6-10)19-8-18-12/h2-7H,8H2,1H3,(H,16,17)/b15-7+. The molecular weight excluding hydrogens is 276 g/mol. The summed E-state index contributed by atoms with van der Waals surface area (Å²) in [6.45, 7) is 2.21. The third-order valence-electron chi connectivity index (χ3n) is 2.75. The first-order valence-corrected chi connectivity index (χ1v) is 6.83.